The van der Waals surface area contributed by atoms with Crippen LogP contribution in [-0.4, -0.2) is 25.1 Å². The van der Waals surface area contributed by atoms with Crippen LogP contribution in [-0.2, 0) is 0 Å². The van der Waals surface area contributed by atoms with Crippen LogP contribution in [0.1, 0.15) is 25.7 Å². The fraction of sp³-hybridized carbons (Fsp3) is 1.00. The van der Waals surface area contributed by atoms with Crippen molar-refractivity contribution in [2.75, 3.05) is 13.1 Å². The minimum absolute atomic E-state index is 0.213. The van der Waals surface area contributed by atoms with Crippen molar-refractivity contribution < 1.29 is 8.78 Å². The molecule has 2 nitrogen and oxygen atoms in total. The second kappa shape index (κ2) is 4.14. The average molecular weight is 178 g/mol. The minimum Gasteiger partial charge on any atom is -0.324 e. The fourth-order valence-corrected chi connectivity index (χ4v) is 1.69. The van der Waals surface area contributed by atoms with Crippen LogP contribution in [0, 0.1) is 0 Å². The molecule has 0 bridgehead atoms. The molecule has 0 heterocycles. The van der Waals surface area contributed by atoms with Gasteiger partial charge in [-0.25, -0.2) is 8.78 Å². The highest BCUT2D eigenvalue weighted by atomic mass is 19.3. The summed E-state index contributed by atoms with van der Waals surface area (Å²) >= 11 is 0. The molecule has 0 aromatic rings. The van der Waals surface area contributed by atoms with E-state index in [0.29, 0.717) is 6.54 Å². The first-order valence-corrected chi connectivity index (χ1v) is 4.40. The Bertz CT molecular complexity index is 133. The molecule has 1 saturated carbocycles. The molecule has 1 aliphatic rings. The highest BCUT2D eigenvalue weighted by Gasteiger charge is 2.28. The Morgan fingerprint density at radius 1 is 1.33 bits per heavy atom. The molecular weight excluding hydrogens is 162 g/mol. The topological polar surface area (TPSA) is 38.0 Å². The van der Waals surface area contributed by atoms with Gasteiger partial charge in [0.05, 0.1) is 6.54 Å². The van der Waals surface area contributed by atoms with E-state index in [0.717, 1.165) is 25.7 Å². The molecule has 1 fully saturated rings. The molecule has 0 atom stereocenters. The third kappa shape index (κ3) is 3.03. The Balaban J connectivity index is 2.13. The Hall–Kier alpha value is -0.220. The molecule has 3 N–H and O–H groups in total. The van der Waals surface area contributed by atoms with Crippen molar-refractivity contribution in [1.82, 2.24) is 5.32 Å². The molecular formula is C8H16F2N2. The van der Waals surface area contributed by atoms with Gasteiger partial charge in [0.1, 0.15) is 0 Å². The summed E-state index contributed by atoms with van der Waals surface area (Å²) in [5.41, 5.74) is 5.72. The van der Waals surface area contributed by atoms with Gasteiger partial charge in [-0.2, -0.15) is 0 Å². The summed E-state index contributed by atoms with van der Waals surface area (Å²) in [4.78, 5) is 0. The summed E-state index contributed by atoms with van der Waals surface area (Å²) < 4.78 is 23.5. The summed E-state index contributed by atoms with van der Waals surface area (Å²) in [6.45, 7) is 0.288. The molecule has 0 saturated heterocycles. The molecule has 0 spiro atoms. The van der Waals surface area contributed by atoms with E-state index in [1.54, 1.807) is 0 Å². The number of hydrogen-bond donors (Lipinski definition) is 2. The maximum Gasteiger partial charge on any atom is 0.250 e. The van der Waals surface area contributed by atoms with E-state index >= 15 is 0 Å². The first-order valence-electron chi connectivity index (χ1n) is 4.40. The van der Waals surface area contributed by atoms with Gasteiger partial charge in [-0.05, 0) is 12.8 Å². The molecule has 0 unspecified atom stereocenters. The summed E-state index contributed by atoms with van der Waals surface area (Å²) in [6, 6.07) is 0. The third-order valence-corrected chi connectivity index (χ3v) is 2.38. The van der Waals surface area contributed by atoms with E-state index < -0.39 is 6.43 Å². The number of hydrogen-bond acceptors (Lipinski definition) is 2. The zero-order valence-corrected chi connectivity index (χ0v) is 7.15. The Kier molecular flexibility index (Phi) is 3.40. The lowest BCUT2D eigenvalue weighted by atomic mass is 9.99. The zero-order chi connectivity index (χ0) is 9.03. The van der Waals surface area contributed by atoms with E-state index in [-0.39, 0.29) is 12.1 Å². The van der Waals surface area contributed by atoms with Gasteiger partial charge < -0.3 is 11.1 Å². The largest absolute Gasteiger partial charge is 0.324 e. The van der Waals surface area contributed by atoms with Crippen LogP contribution in [0.2, 0.25) is 0 Å². The van der Waals surface area contributed by atoms with Crippen molar-refractivity contribution in [3.63, 3.8) is 0 Å². The SMILES string of the molecule is NC1(CNCC(F)F)CCCC1. The molecule has 1 aliphatic carbocycles. The van der Waals surface area contributed by atoms with Crippen molar-refractivity contribution in [3.05, 3.63) is 0 Å². The van der Waals surface area contributed by atoms with Crippen molar-refractivity contribution in [2.45, 2.75) is 37.6 Å². The molecule has 0 amide bonds. The van der Waals surface area contributed by atoms with Crippen molar-refractivity contribution in [1.29, 1.82) is 0 Å². The number of halogens is 2. The van der Waals surface area contributed by atoms with Crippen LogP contribution >= 0.6 is 0 Å². The summed E-state index contributed by atoms with van der Waals surface area (Å²) in [5, 5.41) is 2.69. The summed E-state index contributed by atoms with van der Waals surface area (Å²) in [7, 11) is 0. The van der Waals surface area contributed by atoms with Crippen molar-refractivity contribution >= 4 is 0 Å². The lowest BCUT2D eigenvalue weighted by Gasteiger charge is -2.23. The number of alkyl halides is 2. The molecule has 1 rings (SSSR count). The quantitative estimate of drug-likeness (QED) is 0.676. The van der Waals surface area contributed by atoms with Gasteiger partial charge in [-0.15, -0.1) is 0 Å². The Labute approximate surface area is 71.5 Å². The molecule has 12 heavy (non-hydrogen) atoms. The van der Waals surface area contributed by atoms with Gasteiger partial charge in [0.2, 0.25) is 0 Å². The van der Waals surface area contributed by atoms with Gasteiger partial charge in [-0.3, -0.25) is 0 Å². The molecule has 0 radical (unpaired) electrons. The Morgan fingerprint density at radius 3 is 2.42 bits per heavy atom. The van der Waals surface area contributed by atoms with Crippen LogP contribution in [0.4, 0.5) is 8.78 Å². The molecule has 0 aromatic carbocycles. The number of nitrogens with two attached hydrogens (primary N) is 1. The lowest BCUT2D eigenvalue weighted by Crippen LogP contribution is -2.47. The van der Waals surface area contributed by atoms with Gasteiger partial charge in [-0.1, -0.05) is 12.8 Å². The predicted molar refractivity (Wildman–Crippen MR) is 44.3 cm³/mol. The second-order valence-electron chi connectivity index (χ2n) is 3.59. The molecule has 0 aliphatic heterocycles. The maximum atomic E-state index is 11.7. The average Bonchev–Trinajstić information content (AvgIpc) is 2.35. The van der Waals surface area contributed by atoms with E-state index in [1.807, 2.05) is 0 Å². The van der Waals surface area contributed by atoms with Crippen LogP contribution < -0.4 is 11.1 Å². The summed E-state index contributed by atoms with van der Waals surface area (Å²) in [5.74, 6) is 0. The first-order chi connectivity index (χ1) is 5.62. The fourth-order valence-electron chi connectivity index (χ4n) is 1.69. The minimum atomic E-state index is -2.27. The number of rotatable bonds is 4. The molecule has 4 heteroatoms. The first kappa shape index (κ1) is 9.86. The van der Waals surface area contributed by atoms with Crippen LogP contribution in [0.3, 0.4) is 0 Å². The van der Waals surface area contributed by atoms with Crippen LogP contribution in [0.5, 0.6) is 0 Å². The van der Waals surface area contributed by atoms with E-state index in [9.17, 15) is 8.78 Å². The normalized spacial score (nSPS) is 22.0. The van der Waals surface area contributed by atoms with E-state index in [4.69, 9.17) is 5.73 Å². The molecule has 72 valence electrons. The standard InChI is InChI=1S/C8H16F2N2/c9-7(10)5-12-6-8(11)3-1-2-4-8/h7,12H,1-6,11H2. The monoisotopic (exact) mass is 178 g/mol. The van der Waals surface area contributed by atoms with Gasteiger partial charge >= 0.3 is 0 Å². The van der Waals surface area contributed by atoms with Gasteiger partial charge in [0.25, 0.3) is 6.43 Å². The second-order valence-corrected chi connectivity index (χ2v) is 3.59. The van der Waals surface area contributed by atoms with E-state index in [2.05, 4.69) is 5.32 Å². The maximum absolute atomic E-state index is 11.7. The van der Waals surface area contributed by atoms with Gasteiger partial charge in [0, 0.05) is 12.1 Å². The van der Waals surface area contributed by atoms with Crippen LogP contribution in [0.15, 0.2) is 0 Å². The predicted octanol–water partition coefficient (Wildman–Crippen LogP) is 1.11. The van der Waals surface area contributed by atoms with Crippen LogP contribution in [0.25, 0.3) is 0 Å². The third-order valence-electron chi connectivity index (χ3n) is 2.38. The smallest absolute Gasteiger partial charge is 0.250 e. The van der Waals surface area contributed by atoms with Gasteiger partial charge in [0.15, 0.2) is 0 Å². The van der Waals surface area contributed by atoms with Crippen molar-refractivity contribution in [3.8, 4) is 0 Å². The number of nitrogens with one attached hydrogen (secondary N) is 1. The zero-order valence-electron chi connectivity index (χ0n) is 7.15. The highest BCUT2D eigenvalue weighted by Crippen LogP contribution is 2.26. The van der Waals surface area contributed by atoms with E-state index in [1.165, 1.54) is 0 Å². The summed E-state index contributed by atoms with van der Waals surface area (Å²) in [6.07, 6.45) is 1.92. The highest BCUT2D eigenvalue weighted by molar-refractivity contribution is 4.90. The Morgan fingerprint density at radius 2 is 1.92 bits per heavy atom. The molecule has 0 aromatic heterocycles. The van der Waals surface area contributed by atoms with Crippen molar-refractivity contribution in [2.24, 2.45) is 5.73 Å². The lowest BCUT2D eigenvalue weighted by molar-refractivity contribution is 0.143.